The molecule has 0 bridgehead atoms. The first-order chi connectivity index (χ1) is 9.30. The van der Waals surface area contributed by atoms with Crippen molar-refractivity contribution in [2.24, 2.45) is 5.41 Å². The molecule has 1 aliphatic carbocycles. The van der Waals surface area contributed by atoms with Gasteiger partial charge in [-0.3, -0.25) is 0 Å². The Morgan fingerprint density at radius 2 is 1.80 bits per heavy atom. The third-order valence-corrected chi connectivity index (χ3v) is 4.92. The fraction of sp³-hybridized carbons (Fsp3) is 0.625. The smallest absolute Gasteiger partial charge is 0.0772 e. The number of hydrogen-bond acceptors (Lipinski definition) is 2. The van der Waals surface area contributed by atoms with Crippen LogP contribution in [0.1, 0.15) is 45.1 Å². The topological polar surface area (TPSA) is 32.3 Å². The van der Waals surface area contributed by atoms with Gasteiger partial charge in [-0.05, 0) is 54.9 Å². The first-order valence-corrected chi connectivity index (χ1v) is 7.92. The molecular formula is C16H23Cl2NO. The monoisotopic (exact) mass is 315 g/mol. The van der Waals surface area contributed by atoms with Crippen LogP contribution < -0.4 is 5.32 Å². The van der Waals surface area contributed by atoms with Crippen LogP contribution in [0.5, 0.6) is 0 Å². The Bertz CT molecular complexity index is 464. The summed E-state index contributed by atoms with van der Waals surface area (Å²) in [5.41, 5.74) is 0.752. The average Bonchev–Trinajstić information content (AvgIpc) is 2.38. The molecule has 4 heteroatoms. The molecule has 1 aromatic rings. The quantitative estimate of drug-likeness (QED) is 0.862. The second kappa shape index (κ2) is 6.23. The standard InChI is InChI=1S/C16H23Cl2NO/c1-15(2)5-7-16(20,8-6-15)11-19-10-12-9-13(17)3-4-14(12)18/h3-4,9,19-20H,5-8,10-11H2,1-2H3. The Morgan fingerprint density at radius 3 is 2.45 bits per heavy atom. The minimum absolute atomic E-state index is 0.364. The Kier molecular flexibility index (Phi) is 5.01. The molecule has 1 aliphatic rings. The molecular weight excluding hydrogens is 293 g/mol. The van der Waals surface area contributed by atoms with E-state index in [0.717, 1.165) is 31.2 Å². The number of benzene rings is 1. The van der Waals surface area contributed by atoms with Gasteiger partial charge in [-0.15, -0.1) is 0 Å². The van der Waals surface area contributed by atoms with Crippen LogP contribution in [0.4, 0.5) is 0 Å². The summed E-state index contributed by atoms with van der Waals surface area (Å²) < 4.78 is 0. The largest absolute Gasteiger partial charge is 0.389 e. The maximum atomic E-state index is 10.6. The number of rotatable bonds is 4. The zero-order chi connectivity index (χ0) is 14.8. The second-order valence-electron chi connectivity index (χ2n) is 6.73. The highest BCUT2D eigenvalue weighted by molar-refractivity contribution is 6.33. The summed E-state index contributed by atoms with van der Waals surface area (Å²) in [6.45, 7) is 5.77. The van der Waals surface area contributed by atoms with E-state index in [-0.39, 0.29) is 0 Å². The Hall–Kier alpha value is -0.280. The molecule has 0 radical (unpaired) electrons. The van der Waals surface area contributed by atoms with Crippen LogP contribution in [-0.4, -0.2) is 17.3 Å². The van der Waals surface area contributed by atoms with Crippen molar-refractivity contribution in [1.82, 2.24) is 5.32 Å². The highest BCUT2D eigenvalue weighted by atomic mass is 35.5. The second-order valence-corrected chi connectivity index (χ2v) is 7.57. The number of halogens is 2. The first kappa shape index (κ1) is 16.1. The lowest BCUT2D eigenvalue weighted by Gasteiger charge is -2.40. The van der Waals surface area contributed by atoms with Gasteiger partial charge in [-0.25, -0.2) is 0 Å². The zero-order valence-electron chi connectivity index (χ0n) is 12.2. The summed E-state index contributed by atoms with van der Waals surface area (Å²) in [5, 5.41) is 15.3. The van der Waals surface area contributed by atoms with Gasteiger partial charge in [0.1, 0.15) is 0 Å². The van der Waals surface area contributed by atoms with Crippen LogP contribution >= 0.6 is 23.2 Å². The minimum atomic E-state index is -0.583. The van der Waals surface area contributed by atoms with Crippen molar-refractivity contribution in [3.8, 4) is 0 Å². The molecule has 0 amide bonds. The highest BCUT2D eigenvalue weighted by Gasteiger charge is 2.36. The molecule has 2 N–H and O–H groups in total. The molecule has 0 unspecified atom stereocenters. The SMILES string of the molecule is CC1(C)CCC(O)(CNCc2cc(Cl)ccc2Cl)CC1. The summed E-state index contributed by atoms with van der Waals surface area (Å²) in [7, 11) is 0. The molecule has 112 valence electrons. The molecule has 1 saturated carbocycles. The van der Waals surface area contributed by atoms with Crippen LogP contribution in [0.3, 0.4) is 0 Å². The molecule has 0 aromatic heterocycles. The molecule has 0 aliphatic heterocycles. The lowest BCUT2D eigenvalue weighted by molar-refractivity contribution is -0.0245. The van der Waals surface area contributed by atoms with Gasteiger partial charge in [0.05, 0.1) is 5.60 Å². The maximum absolute atomic E-state index is 10.6. The Morgan fingerprint density at radius 1 is 1.15 bits per heavy atom. The van der Waals surface area contributed by atoms with Crippen LogP contribution in [0, 0.1) is 5.41 Å². The molecule has 0 atom stereocenters. The summed E-state index contributed by atoms with van der Waals surface area (Å²) in [4.78, 5) is 0. The van der Waals surface area contributed by atoms with Gasteiger partial charge < -0.3 is 10.4 Å². The van der Waals surface area contributed by atoms with Gasteiger partial charge in [-0.1, -0.05) is 37.0 Å². The van der Waals surface area contributed by atoms with Crippen molar-refractivity contribution in [2.75, 3.05) is 6.54 Å². The number of nitrogens with one attached hydrogen (secondary N) is 1. The number of aliphatic hydroxyl groups is 1. The molecule has 0 spiro atoms. The van der Waals surface area contributed by atoms with E-state index in [9.17, 15) is 5.11 Å². The Balaban J connectivity index is 1.85. The third-order valence-electron chi connectivity index (χ3n) is 4.31. The van der Waals surface area contributed by atoms with Gasteiger partial charge in [-0.2, -0.15) is 0 Å². The molecule has 2 nitrogen and oxygen atoms in total. The molecule has 2 rings (SSSR count). The predicted octanol–water partition coefficient (Wildman–Crippen LogP) is 4.41. The normalized spacial score (nSPS) is 20.9. The van der Waals surface area contributed by atoms with Gasteiger partial charge >= 0.3 is 0 Å². The fourth-order valence-corrected chi connectivity index (χ4v) is 3.06. The van der Waals surface area contributed by atoms with Crippen LogP contribution in [0.2, 0.25) is 10.0 Å². The van der Waals surface area contributed by atoms with E-state index >= 15 is 0 Å². The molecule has 20 heavy (non-hydrogen) atoms. The minimum Gasteiger partial charge on any atom is -0.389 e. The predicted molar refractivity (Wildman–Crippen MR) is 85.4 cm³/mol. The highest BCUT2D eigenvalue weighted by Crippen LogP contribution is 2.39. The summed E-state index contributed by atoms with van der Waals surface area (Å²) in [5.74, 6) is 0. The third kappa shape index (κ3) is 4.36. The fourth-order valence-electron chi connectivity index (χ4n) is 2.68. The zero-order valence-corrected chi connectivity index (χ0v) is 13.7. The lowest BCUT2D eigenvalue weighted by atomic mass is 9.71. The maximum Gasteiger partial charge on any atom is 0.0772 e. The van der Waals surface area contributed by atoms with E-state index in [0.29, 0.717) is 28.5 Å². The van der Waals surface area contributed by atoms with Crippen LogP contribution in [0.25, 0.3) is 0 Å². The van der Waals surface area contributed by atoms with Crippen molar-refractivity contribution in [3.63, 3.8) is 0 Å². The molecule has 0 heterocycles. The lowest BCUT2D eigenvalue weighted by Crippen LogP contribution is -2.44. The number of hydrogen-bond donors (Lipinski definition) is 2. The van der Waals surface area contributed by atoms with E-state index in [1.165, 1.54) is 0 Å². The van der Waals surface area contributed by atoms with Crippen molar-refractivity contribution in [3.05, 3.63) is 33.8 Å². The average molecular weight is 316 g/mol. The van der Waals surface area contributed by atoms with E-state index in [4.69, 9.17) is 23.2 Å². The van der Waals surface area contributed by atoms with Gasteiger partial charge in [0.15, 0.2) is 0 Å². The van der Waals surface area contributed by atoms with Crippen molar-refractivity contribution in [1.29, 1.82) is 0 Å². The van der Waals surface area contributed by atoms with Gasteiger partial charge in [0.25, 0.3) is 0 Å². The Labute approximate surface area is 131 Å². The summed E-state index contributed by atoms with van der Waals surface area (Å²) >= 11 is 12.1. The van der Waals surface area contributed by atoms with Gasteiger partial charge in [0, 0.05) is 23.1 Å². The van der Waals surface area contributed by atoms with Crippen molar-refractivity contribution < 1.29 is 5.11 Å². The summed E-state index contributed by atoms with van der Waals surface area (Å²) in [6, 6.07) is 5.45. The van der Waals surface area contributed by atoms with E-state index in [2.05, 4.69) is 19.2 Å². The van der Waals surface area contributed by atoms with E-state index in [1.807, 2.05) is 6.07 Å². The summed E-state index contributed by atoms with van der Waals surface area (Å²) in [6.07, 6.45) is 3.86. The molecule has 1 aromatic carbocycles. The molecule has 0 saturated heterocycles. The van der Waals surface area contributed by atoms with E-state index < -0.39 is 5.60 Å². The van der Waals surface area contributed by atoms with Crippen LogP contribution in [-0.2, 0) is 6.54 Å². The van der Waals surface area contributed by atoms with Crippen LogP contribution in [0.15, 0.2) is 18.2 Å². The molecule has 1 fully saturated rings. The van der Waals surface area contributed by atoms with Crippen molar-refractivity contribution in [2.45, 2.75) is 51.7 Å². The van der Waals surface area contributed by atoms with E-state index in [1.54, 1.807) is 12.1 Å². The first-order valence-electron chi connectivity index (χ1n) is 7.17. The van der Waals surface area contributed by atoms with Gasteiger partial charge in [0.2, 0.25) is 0 Å². The van der Waals surface area contributed by atoms with Crippen molar-refractivity contribution >= 4 is 23.2 Å².